The summed E-state index contributed by atoms with van der Waals surface area (Å²) in [5, 5.41) is 3.33. The molecule has 1 amide bonds. The van der Waals surface area contributed by atoms with Crippen LogP contribution in [0.4, 0.5) is 5.69 Å². The minimum Gasteiger partial charge on any atom is -0.347 e. The molecule has 0 radical (unpaired) electrons. The molecule has 0 fully saturated rings. The number of para-hydroxylation sites is 1. The van der Waals surface area contributed by atoms with Crippen molar-refractivity contribution >= 4 is 38.4 Å². The lowest BCUT2D eigenvalue weighted by Crippen LogP contribution is -2.23. The Hall–Kier alpha value is -2.40. The normalized spacial score (nSPS) is 10.7. The summed E-state index contributed by atoms with van der Waals surface area (Å²) in [6.07, 6.45) is 1.62. The maximum atomic E-state index is 12.6. The summed E-state index contributed by atoms with van der Waals surface area (Å²) in [6, 6.07) is 14.6. The number of nitrogens with zero attached hydrogens (tertiary/aromatic N) is 1. The molecule has 0 aliphatic carbocycles. The second-order valence-electron chi connectivity index (χ2n) is 5.14. The number of aromatic nitrogens is 1. The quantitative estimate of drug-likeness (QED) is 0.756. The highest BCUT2D eigenvalue weighted by Crippen LogP contribution is 2.17. The molecular formula is C18H15BrN2O2. The number of nitrogens with one attached hydrogen (secondary N) is 1. The molecule has 116 valence electrons. The van der Waals surface area contributed by atoms with Crippen LogP contribution in [0.25, 0.3) is 10.9 Å². The number of aryl methyl sites for hydroxylation is 1. The van der Waals surface area contributed by atoms with Gasteiger partial charge in [0.05, 0.1) is 5.52 Å². The van der Waals surface area contributed by atoms with E-state index in [-0.39, 0.29) is 11.0 Å². The van der Waals surface area contributed by atoms with E-state index in [0.29, 0.717) is 17.6 Å². The molecule has 2 aromatic carbocycles. The number of anilines is 1. The Kier molecular flexibility index (Phi) is 4.30. The first-order valence-electron chi connectivity index (χ1n) is 7.29. The van der Waals surface area contributed by atoms with E-state index in [0.717, 1.165) is 9.99 Å². The van der Waals surface area contributed by atoms with E-state index in [1.807, 2.05) is 35.8 Å². The zero-order chi connectivity index (χ0) is 16.4. The Morgan fingerprint density at radius 2 is 1.96 bits per heavy atom. The van der Waals surface area contributed by atoms with Gasteiger partial charge in [0.1, 0.15) is 5.56 Å². The first-order chi connectivity index (χ1) is 11.1. The Morgan fingerprint density at radius 3 is 2.70 bits per heavy atom. The highest BCUT2D eigenvalue weighted by Gasteiger charge is 2.15. The molecule has 0 saturated heterocycles. The van der Waals surface area contributed by atoms with Crippen molar-refractivity contribution in [1.82, 2.24) is 4.57 Å². The highest BCUT2D eigenvalue weighted by molar-refractivity contribution is 9.10. The number of hydrogen-bond donors (Lipinski definition) is 1. The number of halogens is 1. The van der Waals surface area contributed by atoms with Crippen molar-refractivity contribution in [3.63, 3.8) is 0 Å². The fourth-order valence-corrected chi connectivity index (χ4v) is 2.93. The number of benzene rings is 2. The summed E-state index contributed by atoms with van der Waals surface area (Å²) in [5.41, 5.74) is 1.36. The molecule has 4 nitrogen and oxygen atoms in total. The van der Waals surface area contributed by atoms with Gasteiger partial charge < -0.3 is 9.88 Å². The van der Waals surface area contributed by atoms with Gasteiger partial charge in [0.25, 0.3) is 5.91 Å². The summed E-state index contributed by atoms with van der Waals surface area (Å²) in [7, 11) is 0. The number of pyridine rings is 1. The van der Waals surface area contributed by atoms with Gasteiger partial charge in [-0.05, 0) is 37.3 Å². The number of carbonyl (C=O) groups is 1. The Labute approximate surface area is 141 Å². The van der Waals surface area contributed by atoms with Gasteiger partial charge >= 0.3 is 0 Å². The van der Waals surface area contributed by atoms with Crippen molar-refractivity contribution in [3.8, 4) is 0 Å². The number of carbonyl (C=O) groups excluding carboxylic acids is 1. The maximum absolute atomic E-state index is 12.6. The van der Waals surface area contributed by atoms with E-state index in [9.17, 15) is 9.59 Å². The standard InChI is InChI=1S/C18H15BrN2O2/c1-2-21-11-15(17(22)14-8-3-4-9-16(14)21)18(23)20-13-7-5-6-12(19)10-13/h3-11H,2H2,1H3,(H,20,23). The van der Waals surface area contributed by atoms with Crippen LogP contribution in [0.1, 0.15) is 17.3 Å². The second kappa shape index (κ2) is 6.38. The zero-order valence-corrected chi connectivity index (χ0v) is 14.1. The predicted molar refractivity (Wildman–Crippen MR) is 96.0 cm³/mol. The average Bonchev–Trinajstić information content (AvgIpc) is 2.55. The summed E-state index contributed by atoms with van der Waals surface area (Å²) >= 11 is 3.36. The molecule has 0 bridgehead atoms. The second-order valence-corrected chi connectivity index (χ2v) is 6.06. The van der Waals surface area contributed by atoms with Crippen molar-refractivity contribution < 1.29 is 4.79 Å². The predicted octanol–water partition coefficient (Wildman–Crippen LogP) is 4.04. The molecular weight excluding hydrogens is 356 g/mol. The number of rotatable bonds is 3. The van der Waals surface area contributed by atoms with Crippen LogP contribution in [0.3, 0.4) is 0 Å². The lowest BCUT2D eigenvalue weighted by Gasteiger charge is -2.11. The molecule has 0 aliphatic rings. The third-order valence-electron chi connectivity index (χ3n) is 3.66. The molecule has 1 aromatic heterocycles. The lowest BCUT2D eigenvalue weighted by molar-refractivity contribution is 0.102. The lowest BCUT2D eigenvalue weighted by atomic mass is 10.1. The van der Waals surface area contributed by atoms with Crippen molar-refractivity contribution in [1.29, 1.82) is 0 Å². The molecule has 0 aliphatic heterocycles. The Balaban J connectivity index is 2.07. The molecule has 0 saturated carbocycles. The van der Waals surface area contributed by atoms with Gasteiger partial charge in [-0.15, -0.1) is 0 Å². The van der Waals surface area contributed by atoms with Gasteiger partial charge in [-0.2, -0.15) is 0 Å². The Bertz CT molecular complexity index is 947. The van der Waals surface area contributed by atoms with Crippen LogP contribution in [-0.4, -0.2) is 10.5 Å². The zero-order valence-electron chi connectivity index (χ0n) is 12.5. The molecule has 0 spiro atoms. The van der Waals surface area contributed by atoms with Crippen molar-refractivity contribution in [2.24, 2.45) is 0 Å². The number of amides is 1. The minimum absolute atomic E-state index is 0.144. The average molecular weight is 371 g/mol. The van der Waals surface area contributed by atoms with Crippen LogP contribution in [0.5, 0.6) is 0 Å². The van der Waals surface area contributed by atoms with Crippen molar-refractivity contribution in [2.45, 2.75) is 13.5 Å². The van der Waals surface area contributed by atoms with Gasteiger partial charge in [-0.25, -0.2) is 0 Å². The molecule has 3 rings (SSSR count). The summed E-state index contributed by atoms with van der Waals surface area (Å²) in [5.74, 6) is -0.402. The summed E-state index contributed by atoms with van der Waals surface area (Å²) in [6.45, 7) is 2.66. The van der Waals surface area contributed by atoms with Crippen LogP contribution in [-0.2, 0) is 6.54 Å². The van der Waals surface area contributed by atoms with E-state index in [1.165, 1.54) is 0 Å². The van der Waals surface area contributed by atoms with E-state index >= 15 is 0 Å². The SMILES string of the molecule is CCn1cc(C(=O)Nc2cccc(Br)c2)c(=O)c2ccccc21. The van der Waals surface area contributed by atoms with Gasteiger partial charge in [0.15, 0.2) is 0 Å². The fraction of sp³-hybridized carbons (Fsp3) is 0.111. The number of fused-ring (bicyclic) bond motifs is 1. The highest BCUT2D eigenvalue weighted by atomic mass is 79.9. The third kappa shape index (κ3) is 3.05. The van der Waals surface area contributed by atoms with Crippen LogP contribution < -0.4 is 10.7 Å². The monoisotopic (exact) mass is 370 g/mol. The van der Waals surface area contributed by atoms with E-state index in [2.05, 4.69) is 21.2 Å². The van der Waals surface area contributed by atoms with Gasteiger partial charge in [0.2, 0.25) is 5.43 Å². The third-order valence-corrected chi connectivity index (χ3v) is 4.15. The largest absolute Gasteiger partial charge is 0.347 e. The number of hydrogen-bond acceptors (Lipinski definition) is 2. The maximum Gasteiger partial charge on any atom is 0.261 e. The first-order valence-corrected chi connectivity index (χ1v) is 8.08. The van der Waals surface area contributed by atoms with Gasteiger partial charge in [-0.1, -0.05) is 34.1 Å². The molecule has 3 aromatic rings. The first kappa shape index (κ1) is 15.5. The molecule has 5 heteroatoms. The van der Waals surface area contributed by atoms with Crippen LogP contribution >= 0.6 is 15.9 Å². The van der Waals surface area contributed by atoms with Gasteiger partial charge in [0, 0.05) is 28.3 Å². The van der Waals surface area contributed by atoms with Crippen molar-refractivity contribution in [2.75, 3.05) is 5.32 Å². The molecule has 0 atom stereocenters. The summed E-state index contributed by atoms with van der Waals surface area (Å²) in [4.78, 5) is 25.1. The van der Waals surface area contributed by atoms with Crippen molar-refractivity contribution in [3.05, 3.63) is 75.0 Å². The molecule has 1 heterocycles. The fourth-order valence-electron chi connectivity index (χ4n) is 2.53. The van der Waals surface area contributed by atoms with E-state index < -0.39 is 5.91 Å². The van der Waals surface area contributed by atoms with E-state index in [4.69, 9.17) is 0 Å². The molecule has 1 N–H and O–H groups in total. The molecule has 0 unspecified atom stereocenters. The minimum atomic E-state index is -0.402. The summed E-state index contributed by atoms with van der Waals surface area (Å²) < 4.78 is 2.77. The smallest absolute Gasteiger partial charge is 0.261 e. The Morgan fingerprint density at radius 1 is 1.17 bits per heavy atom. The van der Waals surface area contributed by atoms with E-state index in [1.54, 1.807) is 30.5 Å². The van der Waals surface area contributed by atoms with Gasteiger partial charge in [-0.3, -0.25) is 9.59 Å². The van der Waals surface area contributed by atoms with Crippen LogP contribution in [0.2, 0.25) is 0 Å². The van der Waals surface area contributed by atoms with Crippen LogP contribution in [0, 0.1) is 0 Å². The van der Waals surface area contributed by atoms with Crippen LogP contribution in [0.15, 0.2) is 64.0 Å². The molecule has 23 heavy (non-hydrogen) atoms. The topological polar surface area (TPSA) is 51.1 Å².